The van der Waals surface area contributed by atoms with E-state index in [1.807, 2.05) is 0 Å². The third kappa shape index (κ3) is 3.21. The van der Waals surface area contributed by atoms with Crippen LogP contribution in [0.2, 0.25) is 0 Å². The molecule has 1 N–H and O–H groups in total. The maximum atomic E-state index is 12.0. The predicted octanol–water partition coefficient (Wildman–Crippen LogP) is 0.821. The van der Waals surface area contributed by atoms with Gasteiger partial charge in [0.25, 0.3) is 5.91 Å². The van der Waals surface area contributed by atoms with Crippen LogP contribution in [0.5, 0.6) is 0 Å². The average molecular weight is 333 g/mol. The molecule has 120 valence electrons. The lowest BCUT2D eigenvalue weighted by Crippen LogP contribution is -2.30. The molecule has 0 bridgehead atoms. The first-order valence-electron chi connectivity index (χ1n) is 7.40. The molecule has 2 aliphatic rings. The van der Waals surface area contributed by atoms with Crippen molar-refractivity contribution >= 4 is 34.7 Å². The van der Waals surface area contributed by atoms with Crippen molar-refractivity contribution in [2.45, 2.75) is 19.3 Å². The van der Waals surface area contributed by atoms with E-state index in [1.54, 1.807) is 4.90 Å². The maximum absolute atomic E-state index is 12.0. The molecule has 2 heterocycles. The molecule has 1 aliphatic carbocycles. The molecule has 1 aromatic heterocycles. The molecule has 1 fully saturated rings. The molecule has 23 heavy (non-hydrogen) atoms. The maximum Gasteiger partial charge on any atom is 0.280 e. The van der Waals surface area contributed by atoms with Crippen LogP contribution in [0.15, 0.2) is 12.2 Å². The third-order valence-corrected chi connectivity index (χ3v) is 4.80. The van der Waals surface area contributed by atoms with E-state index in [-0.39, 0.29) is 33.1 Å². The summed E-state index contributed by atoms with van der Waals surface area (Å²) in [6.07, 6.45) is 4.51. The average Bonchev–Trinajstić information content (AvgIpc) is 3.15. The number of hydrogen-bond acceptors (Lipinski definition) is 6. The number of thiazole rings is 1. The van der Waals surface area contributed by atoms with Crippen molar-refractivity contribution in [3.05, 3.63) is 27.7 Å². The summed E-state index contributed by atoms with van der Waals surface area (Å²) in [7, 11) is 0. The van der Waals surface area contributed by atoms with Crippen LogP contribution < -0.4 is 5.32 Å². The largest absolute Gasteiger partial charge is 0.350 e. The molecule has 0 unspecified atom stereocenters. The molecular formula is C15H15N3O4S. The quantitative estimate of drug-likeness (QED) is 0.805. The minimum atomic E-state index is -0.405. The van der Waals surface area contributed by atoms with E-state index in [0.717, 1.165) is 24.3 Å². The highest BCUT2D eigenvalue weighted by Crippen LogP contribution is 2.23. The fraction of sp³-hybridized carbons (Fsp3) is 0.400. The van der Waals surface area contributed by atoms with Crippen molar-refractivity contribution < 1.29 is 19.2 Å². The zero-order valence-corrected chi connectivity index (χ0v) is 13.1. The molecule has 3 rings (SSSR count). The second-order valence-corrected chi connectivity index (χ2v) is 6.35. The summed E-state index contributed by atoms with van der Waals surface area (Å²) in [4.78, 5) is 52.8. The highest BCUT2D eigenvalue weighted by molar-refractivity contribution is 7.16. The molecule has 1 aromatic rings. The van der Waals surface area contributed by atoms with E-state index < -0.39 is 5.91 Å². The molecule has 0 radical (unpaired) electrons. The van der Waals surface area contributed by atoms with Gasteiger partial charge in [-0.15, -0.1) is 11.3 Å². The van der Waals surface area contributed by atoms with E-state index in [9.17, 15) is 19.2 Å². The Morgan fingerprint density at radius 1 is 1.26 bits per heavy atom. The fourth-order valence-corrected chi connectivity index (χ4v) is 3.45. The van der Waals surface area contributed by atoms with Gasteiger partial charge in [-0.2, -0.15) is 0 Å². The first-order valence-corrected chi connectivity index (χ1v) is 8.21. The summed E-state index contributed by atoms with van der Waals surface area (Å²) in [6, 6.07) is 0. The molecular weight excluding hydrogens is 318 g/mol. The first-order chi connectivity index (χ1) is 11.1. The van der Waals surface area contributed by atoms with Crippen LogP contribution in [-0.4, -0.2) is 52.9 Å². The Bertz CT molecular complexity index is 687. The Morgan fingerprint density at radius 2 is 2.04 bits per heavy atom. The summed E-state index contributed by atoms with van der Waals surface area (Å²) in [6.45, 7) is 1.81. The van der Waals surface area contributed by atoms with Crippen molar-refractivity contribution in [3.63, 3.8) is 0 Å². The molecule has 0 saturated carbocycles. The number of aromatic nitrogens is 1. The number of carbonyl (C=O) groups excluding carboxylic acids is 4. The van der Waals surface area contributed by atoms with Gasteiger partial charge in [0.2, 0.25) is 11.7 Å². The van der Waals surface area contributed by atoms with Crippen molar-refractivity contribution in [1.82, 2.24) is 15.2 Å². The summed E-state index contributed by atoms with van der Waals surface area (Å²) in [5.41, 5.74) is 0.0512. The zero-order valence-electron chi connectivity index (χ0n) is 12.3. The number of carbonyl (C=O) groups is 4. The molecule has 7 nitrogen and oxygen atoms in total. The number of allylic oxidation sites excluding steroid dienone is 2. The van der Waals surface area contributed by atoms with Crippen LogP contribution in [-0.2, 0) is 4.79 Å². The van der Waals surface area contributed by atoms with Gasteiger partial charge in [-0.1, -0.05) is 0 Å². The summed E-state index contributed by atoms with van der Waals surface area (Å²) in [5.74, 6) is -0.905. The van der Waals surface area contributed by atoms with Crippen LogP contribution in [0.25, 0.3) is 0 Å². The Hall–Kier alpha value is -2.35. The van der Waals surface area contributed by atoms with Crippen LogP contribution >= 0.6 is 11.3 Å². The van der Waals surface area contributed by atoms with Crippen molar-refractivity contribution in [1.29, 1.82) is 0 Å². The predicted molar refractivity (Wildman–Crippen MR) is 82.7 cm³/mol. The van der Waals surface area contributed by atoms with Gasteiger partial charge in [0, 0.05) is 26.1 Å². The lowest BCUT2D eigenvalue weighted by atomic mass is 10.1. The van der Waals surface area contributed by atoms with E-state index in [0.29, 0.717) is 25.9 Å². The first kappa shape index (κ1) is 15.5. The molecule has 2 amide bonds. The van der Waals surface area contributed by atoms with E-state index >= 15 is 0 Å². The van der Waals surface area contributed by atoms with Crippen molar-refractivity contribution in [3.8, 4) is 0 Å². The van der Waals surface area contributed by atoms with Crippen LogP contribution in [0.4, 0.5) is 0 Å². The van der Waals surface area contributed by atoms with E-state index in [2.05, 4.69) is 10.3 Å². The highest BCUT2D eigenvalue weighted by atomic mass is 32.1. The third-order valence-electron chi connectivity index (χ3n) is 3.73. The normalized spacial score (nSPS) is 16.9. The Labute approximate surface area is 136 Å². The standard InChI is InChI=1S/C15H15N3O4S/c19-9-4-5-10(20)13-12(9)17-15(23-13)14(22)16-6-2-8-18-7-1-3-11(18)21/h4-5H,1-3,6-8H2,(H,16,22). The number of hydrogen-bond donors (Lipinski definition) is 1. The Balaban J connectivity index is 1.53. The molecule has 0 atom stereocenters. The van der Waals surface area contributed by atoms with Gasteiger partial charge in [0.05, 0.1) is 0 Å². The van der Waals surface area contributed by atoms with Crippen LogP contribution in [0.1, 0.15) is 49.2 Å². The van der Waals surface area contributed by atoms with Gasteiger partial charge in [0.15, 0.2) is 10.8 Å². The van der Waals surface area contributed by atoms with E-state index in [4.69, 9.17) is 0 Å². The van der Waals surface area contributed by atoms with Gasteiger partial charge in [-0.25, -0.2) is 4.98 Å². The lowest BCUT2D eigenvalue weighted by molar-refractivity contribution is -0.127. The monoisotopic (exact) mass is 333 g/mol. The number of amides is 2. The van der Waals surface area contributed by atoms with Crippen molar-refractivity contribution in [2.75, 3.05) is 19.6 Å². The second kappa shape index (κ2) is 6.41. The molecule has 1 aliphatic heterocycles. The summed E-state index contributed by atoms with van der Waals surface area (Å²) < 4.78 is 0. The summed E-state index contributed by atoms with van der Waals surface area (Å²) in [5, 5.41) is 2.81. The molecule has 1 saturated heterocycles. The Kier molecular flexibility index (Phi) is 4.33. The SMILES string of the molecule is O=C(NCCCN1CCCC1=O)c1nc2c(s1)C(=O)C=CC2=O. The lowest BCUT2D eigenvalue weighted by Gasteiger charge is -2.14. The number of rotatable bonds is 5. The minimum Gasteiger partial charge on any atom is -0.350 e. The second-order valence-electron chi connectivity index (χ2n) is 5.35. The van der Waals surface area contributed by atoms with E-state index in [1.165, 1.54) is 12.2 Å². The Morgan fingerprint density at radius 3 is 2.74 bits per heavy atom. The highest BCUT2D eigenvalue weighted by Gasteiger charge is 2.26. The zero-order chi connectivity index (χ0) is 16.4. The molecule has 8 heteroatoms. The smallest absolute Gasteiger partial charge is 0.280 e. The van der Waals surface area contributed by atoms with Gasteiger partial charge in [0.1, 0.15) is 10.6 Å². The fourth-order valence-electron chi connectivity index (χ4n) is 2.55. The number of fused-ring (bicyclic) bond motifs is 1. The van der Waals surface area contributed by atoms with Crippen LogP contribution in [0.3, 0.4) is 0 Å². The number of nitrogens with one attached hydrogen (secondary N) is 1. The number of ketones is 2. The van der Waals surface area contributed by atoms with Crippen LogP contribution in [0, 0.1) is 0 Å². The molecule has 0 spiro atoms. The number of nitrogens with zero attached hydrogens (tertiary/aromatic N) is 2. The minimum absolute atomic E-state index is 0.0512. The van der Waals surface area contributed by atoms with Gasteiger partial charge in [-0.05, 0) is 25.0 Å². The van der Waals surface area contributed by atoms with Gasteiger partial charge < -0.3 is 10.2 Å². The van der Waals surface area contributed by atoms with Crippen molar-refractivity contribution in [2.24, 2.45) is 0 Å². The summed E-state index contributed by atoms with van der Waals surface area (Å²) >= 11 is 0.930. The topological polar surface area (TPSA) is 96.4 Å². The van der Waals surface area contributed by atoms with Gasteiger partial charge >= 0.3 is 0 Å². The molecule has 0 aromatic carbocycles. The van der Waals surface area contributed by atoms with Gasteiger partial charge in [-0.3, -0.25) is 19.2 Å². The number of likely N-dealkylation sites (tertiary alicyclic amines) is 1.